The number of nitriles is 1. The highest BCUT2D eigenvalue weighted by molar-refractivity contribution is 6.98. The van der Waals surface area contributed by atoms with Gasteiger partial charge in [0.05, 0.1) is 5.69 Å². The molecule has 34 heavy (non-hydrogen) atoms. The Morgan fingerprint density at radius 3 is 2.00 bits per heavy atom. The van der Waals surface area contributed by atoms with Gasteiger partial charge in [0.15, 0.2) is 8.80 Å². The molecule has 0 N–H and O–H groups in total. The van der Waals surface area contributed by atoms with Crippen LogP contribution in [0, 0.1) is 11.3 Å². The van der Waals surface area contributed by atoms with Gasteiger partial charge in [0.1, 0.15) is 11.8 Å². The molecule has 4 heteroatoms. The predicted molar refractivity (Wildman–Crippen MR) is 140 cm³/mol. The van der Waals surface area contributed by atoms with Gasteiger partial charge in [0.25, 0.3) is 0 Å². The van der Waals surface area contributed by atoms with Crippen molar-refractivity contribution in [3.63, 3.8) is 0 Å². The van der Waals surface area contributed by atoms with E-state index in [1.807, 2.05) is 18.2 Å². The summed E-state index contributed by atoms with van der Waals surface area (Å²) in [5.41, 5.74) is 5.73. The molecule has 0 spiro atoms. The summed E-state index contributed by atoms with van der Waals surface area (Å²) >= 11 is 0. The molecule has 1 aliphatic heterocycles. The lowest BCUT2D eigenvalue weighted by Gasteiger charge is -2.37. The zero-order chi connectivity index (χ0) is 22.9. The molecule has 1 aliphatic rings. The molecule has 3 nitrogen and oxygen atoms in total. The first-order chi connectivity index (χ1) is 16.8. The number of fused-ring (bicyclic) bond motifs is 2. The normalized spacial score (nSPS) is 12.5. The van der Waals surface area contributed by atoms with Crippen molar-refractivity contribution in [2.45, 2.75) is 0 Å². The molecule has 5 aromatic rings. The van der Waals surface area contributed by atoms with E-state index in [9.17, 15) is 5.26 Å². The van der Waals surface area contributed by atoms with Crippen molar-refractivity contribution < 1.29 is 0 Å². The van der Waals surface area contributed by atoms with Gasteiger partial charge in [-0.3, -0.25) is 0 Å². The van der Waals surface area contributed by atoms with E-state index in [4.69, 9.17) is 0 Å². The first kappa shape index (κ1) is 20.2. The maximum absolute atomic E-state index is 9.29. The van der Waals surface area contributed by atoms with E-state index in [-0.39, 0.29) is 0 Å². The van der Waals surface area contributed by atoms with Crippen LogP contribution in [-0.2, 0) is 0 Å². The first-order valence-corrected chi connectivity index (χ1v) is 12.7. The topological polar surface area (TPSA) is 39.9 Å². The SMILES string of the molecule is N#Cc1cccc(-c2cccc(N3c4ccccc4[Si](c4ccccc4)c4ccccc43)c2)n1. The summed E-state index contributed by atoms with van der Waals surface area (Å²) in [5.74, 6) is 0. The van der Waals surface area contributed by atoms with Gasteiger partial charge in [-0.15, -0.1) is 0 Å². The molecule has 1 radical (unpaired) electrons. The monoisotopic (exact) mass is 450 g/mol. The quantitative estimate of drug-likeness (QED) is 0.359. The van der Waals surface area contributed by atoms with Gasteiger partial charge in [0.2, 0.25) is 0 Å². The number of rotatable bonds is 3. The number of para-hydroxylation sites is 2. The Hall–Kier alpha value is -4.46. The second kappa shape index (κ2) is 8.47. The Morgan fingerprint density at radius 1 is 0.647 bits per heavy atom. The van der Waals surface area contributed by atoms with Gasteiger partial charge < -0.3 is 4.90 Å². The first-order valence-electron chi connectivity index (χ1n) is 11.2. The van der Waals surface area contributed by atoms with E-state index in [1.165, 1.54) is 26.9 Å². The molecule has 1 aromatic heterocycles. The fourth-order valence-corrected chi connectivity index (χ4v) is 7.56. The minimum atomic E-state index is -1.14. The molecular weight excluding hydrogens is 430 g/mol. The third-order valence-corrected chi connectivity index (χ3v) is 8.99. The van der Waals surface area contributed by atoms with Crippen molar-refractivity contribution in [1.82, 2.24) is 4.98 Å². The summed E-state index contributed by atoms with van der Waals surface area (Å²) < 4.78 is 0. The number of hydrogen-bond donors (Lipinski definition) is 0. The molecule has 6 rings (SSSR count). The molecule has 0 aliphatic carbocycles. The van der Waals surface area contributed by atoms with Crippen LogP contribution >= 0.6 is 0 Å². The molecule has 0 saturated carbocycles. The zero-order valence-electron chi connectivity index (χ0n) is 18.4. The van der Waals surface area contributed by atoms with Crippen molar-refractivity contribution >= 4 is 41.4 Å². The van der Waals surface area contributed by atoms with Crippen LogP contribution in [-0.4, -0.2) is 13.8 Å². The van der Waals surface area contributed by atoms with Crippen molar-refractivity contribution in [3.05, 3.63) is 127 Å². The predicted octanol–water partition coefficient (Wildman–Crippen LogP) is 4.92. The van der Waals surface area contributed by atoms with Crippen LogP contribution in [0.1, 0.15) is 5.69 Å². The maximum atomic E-state index is 9.29. The summed E-state index contributed by atoms with van der Waals surface area (Å²) in [6.07, 6.45) is 0. The van der Waals surface area contributed by atoms with Crippen LogP contribution in [0.3, 0.4) is 0 Å². The van der Waals surface area contributed by atoms with Crippen LogP contribution < -0.4 is 20.5 Å². The molecule has 159 valence electrons. The lowest BCUT2D eigenvalue weighted by atomic mass is 10.1. The second-order valence-electron chi connectivity index (χ2n) is 8.18. The highest BCUT2D eigenvalue weighted by atomic mass is 28.3. The number of nitrogens with zero attached hydrogens (tertiary/aromatic N) is 3. The summed E-state index contributed by atoms with van der Waals surface area (Å²) in [4.78, 5) is 6.87. The van der Waals surface area contributed by atoms with Crippen LogP contribution in [0.25, 0.3) is 11.3 Å². The molecule has 2 heterocycles. The molecular formula is C30H20N3Si. The van der Waals surface area contributed by atoms with Gasteiger partial charge in [0, 0.05) is 22.6 Å². The van der Waals surface area contributed by atoms with Crippen molar-refractivity contribution in [3.8, 4) is 17.3 Å². The lowest BCUT2D eigenvalue weighted by molar-refractivity contribution is 1.25. The molecule has 0 unspecified atom stereocenters. The van der Waals surface area contributed by atoms with Gasteiger partial charge >= 0.3 is 0 Å². The standard InChI is InChI=1S/C30H20N3Si/c31-21-23-11-9-15-26(32-23)22-10-8-12-24(20-22)33-27-16-4-6-18-29(27)34(25-13-2-1-3-14-25)30-19-7-5-17-28(30)33/h1-20H. The molecule has 4 aromatic carbocycles. The van der Waals surface area contributed by atoms with E-state index in [2.05, 4.69) is 113 Å². The Balaban J connectivity index is 1.54. The lowest BCUT2D eigenvalue weighted by Crippen LogP contribution is -2.57. The highest BCUT2D eigenvalue weighted by Crippen LogP contribution is 2.37. The number of pyridine rings is 1. The smallest absolute Gasteiger partial charge is 0.160 e. The Kier molecular flexibility index (Phi) is 5.03. The maximum Gasteiger partial charge on any atom is 0.160 e. The summed E-state index contributed by atoms with van der Waals surface area (Å²) in [6.45, 7) is 0. The van der Waals surface area contributed by atoms with Crippen LogP contribution in [0.5, 0.6) is 0 Å². The van der Waals surface area contributed by atoms with Gasteiger partial charge in [-0.25, -0.2) is 4.98 Å². The highest BCUT2D eigenvalue weighted by Gasteiger charge is 2.33. The molecule has 0 atom stereocenters. The Bertz CT molecular complexity index is 1490. The van der Waals surface area contributed by atoms with Gasteiger partial charge in [-0.05, 0) is 46.8 Å². The number of aromatic nitrogens is 1. The van der Waals surface area contributed by atoms with E-state index in [1.54, 1.807) is 6.07 Å². The summed E-state index contributed by atoms with van der Waals surface area (Å²) in [5, 5.41) is 13.4. The fraction of sp³-hybridized carbons (Fsp3) is 0. The molecule has 0 bridgehead atoms. The number of hydrogen-bond acceptors (Lipinski definition) is 3. The van der Waals surface area contributed by atoms with E-state index in [0.717, 1.165) is 16.9 Å². The zero-order valence-corrected chi connectivity index (χ0v) is 19.4. The largest absolute Gasteiger partial charge is 0.311 e. The average molecular weight is 451 g/mol. The van der Waals surface area contributed by atoms with E-state index < -0.39 is 8.80 Å². The molecule has 0 fully saturated rings. The number of benzene rings is 4. The number of anilines is 3. The van der Waals surface area contributed by atoms with E-state index >= 15 is 0 Å². The average Bonchev–Trinajstić information content (AvgIpc) is 2.92. The minimum absolute atomic E-state index is 0.423. The Morgan fingerprint density at radius 2 is 1.29 bits per heavy atom. The van der Waals surface area contributed by atoms with E-state index in [0.29, 0.717) is 5.69 Å². The fourth-order valence-electron chi connectivity index (χ4n) is 4.69. The van der Waals surface area contributed by atoms with Gasteiger partial charge in [-0.2, -0.15) is 5.26 Å². The van der Waals surface area contributed by atoms with Crippen molar-refractivity contribution in [2.24, 2.45) is 0 Å². The summed E-state index contributed by atoms with van der Waals surface area (Å²) in [6, 6.07) is 44.5. The molecule has 0 amide bonds. The summed E-state index contributed by atoms with van der Waals surface area (Å²) in [7, 11) is -1.14. The Labute approximate surface area is 200 Å². The third kappa shape index (κ3) is 3.40. The van der Waals surface area contributed by atoms with Crippen molar-refractivity contribution in [2.75, 3.05) is 4.90 Å². The molecule has 0 saturated heterocycles. The van der Waals surface area contributed by atoms with Gasteiger partial charge in [-0.1, -0.05) is 90.1 Å². The minimum Gasteiger partial charge on any atom is -0.311 e. The van der Waals surface area contributed by atoms with Crippen LogP contribution in [0.4, 0.5) is 17.1 Å². The second-order valence-corrected chi connectivity index (χ2v) is 10.6. The van der Waals surface area contributed by atoms with Crippen molar-refractivity contribution in [1.29, 1.82) is 5.26 Å². The third-order valence-electron chi connectivity index (χ3n) is 6.15. The van der Waals surface area contributed by atoms with Crippen LogP contribution in [0.15, 0.2) is 121 Å². The van der Waals surface area contributed by atoms with Crippen LogP contribution in [0.2, 0.25) is 0 Å².